The standard InChI is InChI=1S/C10H5FIN3O4/c11-5-1-8(9(15(18)19)2-6(5)12)14-3-7(10(16)17)13-4-14/h1-4H,(H,16,17). The molecule has 7 nitrogen and oxygen atoms in total. The molecule has 1 aromatic heterocycles. The van der Waals surface area contributed by atoms with Gasteiger partial charge in [0, 0.05) is 18.3 Å². The van der Waals surface area contributed by atoms with Gasteiger partial charge >= 0.3 is 5.97 Å². The summed E-state index contributed by atoms with van der Waals surface area (Å²) in [5, 5.41) is 19.7. The maximum absolute atomic E-state index is 13.5. The number of benzene rings is 1. The predicted molar refractivity (Wildman–Crippen MR) is 69.9 cm³/mol. The summed E-state index contributed by atoms with van der Waals surface area (Å²) >= 11 is 1.64. The lowest BCUT2D eigenvalue weighted by Crippen LogP contribution is -2.01. The summed E-state index contributed by atoms with van der Waals surface area (Å²) in [5.74, 6) is -1.90. The lowest BCUT2D eigenvalue weighted by molar-refractivity contribution is -0.384. The zero-order valence-electron chi connectivity index (χ0n) is 9.08. The molecule has 0 aliphatic heterocycles. The number of aromatic carboxylic acids is 1. The number of rotatable bonds is 3. The first-order chi connectivity index (χ1) is 8.90. The highest BCUT2D eigenvalue weighted by Crippen LogP contribution is 2.27. The number of carboxylic acids is 1. The Bertz CT molecular complexity index is 685. The number of nitro groups is 1. The van der Waals surface area contributed by atoms with Crippen LogP contribution < -0.4 is 0 Å². The van der Waals surface area contributed by atoms with Crippen LogP contribution in [0.25, 0.3) is 5.69 Å². The summed E-state index contributed by atoms with van der Waals surface area (Å²) in [4.78, 5) is 24.5. The minimum absolute atomic E-state index is 0.0806. The number of aromatic nitrogens is 2. The molecule has 0 fully saturated rings. The number of hydrogen-bond acceptors (Lipinski definition) is 4. The van der Waals surface area contributed by atoms with Gasteiger partial charge in [-0.1, -0.05) is 0 Å². The number of carbonyl (C=O) groups is 1. The molecule has 0 spiro atoms. The van der Waals surface area contributed by atoms with Crippen molar-refractivity contribution in [2.75, 3.05) is 0 Å². The molecule has 0 unspecified atom stereocenters. The van der Waals surface area contributed by atoms with Crippen molar-refractivity contribution in [3.8, 4) is 5.69 Å². The number of carboxylic acid groups (broad SMARTS) is 1. The average Bonchev–Trinajstić information content (AvgIpc) is 2.81. The zero-order valence-corrected chi connectivity index (χ0v) is 11.2. The topological polar surface area (TPSA) is 98.3 Å². The van der Waals surface area contributed by atoms with E-state index in [9.17, 15) is 19.3 Å². The Morgan fingerprint density at radius 3 is 2.74 bits per heavy atom. The van der Waals surface area contributed by atoms with Crippen molar-refractivity contribution in [2.45, 2.75) is 0 Å². The van der Waals surface area contributed by atoms with E-state index in [0.29, 0.717) is 0 Å². The van der Waals surface area contributed by atoms with Crippen LogP contribution in [-0.4, -0.2) is 25.6 Å². The Kier molecular flexibility index (Phi) is 3.46. The van der Waals surface area contributed by atoms with Gasteiger partial charge in [0.1, 0.15) is 17.8 Å². The molecule has 9 heteroatoms. The fourth-order valence-electron chi connectivity index (χ4n) is 1.44. The van der Waals surface area contributed by atoms with Crippen molar-refractivity contribution in [3.05, 3.63) is 49.9 Å². The van der Waals surface area contributed by atoms with E-state index in [4.69, 9.17) is 5.11 Å². The van der Waals surface area contributed by atoms with E-state index in [2.05, 4.69) is 4.98 Å². The molecule has 0 saturated carbocycles. The Hall–Kier alpha value is -2.04. The first-order valence-electron chi connectivity index (χ1n) is 4.81. The van der Waals surface area contributed by atoms with Crippen LogP contribution in [-0.2, 0) is 0 Å². The van der Waals surface area contributed by atoms with E-state index in [0.717, 1.165) is 29.2 Å². The van der Waals surface area contributed by atoms with E-state index in [1.165, 1.54) is 0 Å². The summed E-state index contributed by atoms with van der Waals surface area (Å²) in [5.41, 5.74) is -0.698. The van der Waals surface area contributed by atoms with Crippen molar-refractivity contribution in [3.63, 3.8) is 0 Å². The molecule has 0 aliphatic carbocycles. The van der Waals surface area contributed by atoms with Crippen LogP contribution >= 0.6 is 22.6 Å². The van der Waals surface area contributed by atoms with Crippen LogP contribution in [0.2, 0.25) is 0 Å². The molecule has 0 saturated heterocycles. The Labute approximate surface area is 119 Å². The highest BCUT2D eigenvalue weighted by molar-refractivity contribution is 14.1. The molecule has 0 aliphatic rings. The molecule has 0 bridgehead atoms. The number of hydrogen-bond donors (Lipinski definition) is 1. The van der Waals surface area contributed by atoms with Crippen molar-refractivity contribution in [2.24, 2.45) is 0 Å². The summed E-state index contributed by atoms with van der Waals surface area (Å²) in [6.07, 6.45) is 2.16. The summed E-state index contributed by atoms with van der Waals surface area (Å²) in [7, 11) is 0. The average molecular weight is 377 g/mol. The van der Waals surface area contributed by atoms with Crippen LogP contribution in [0.15, 0.2) is 24.7 Å². The molecule has 0 amide bonds. The highest BCUT2D eigenvalue weighted by Gasteiger charge is 2.20. The van der Waals surface area contributed by atoms with Gasteiger partial charge in [0.15, 0.2) is 5.69 Å². The zero-order chi connectivity index (χ0) is 14.2. The van der Waals surface area contributed by atoms with E-state index in [1.807, 2.05) is 0 Å². The van der Waals surface area contributed by atoms with Crippen LogP contribution in [0, 0.1) is 19.5 Å². The van der Waals surface area contributed by atoms with Gasteiger partial charge in [0.25, 0.3) is 5.69 Å². The molecule has 1 heterocycles. The van der Waals surface area contributed by atoms with Crippen molar-refractivity contribution < 1.29 is 19.2 Å². The SMILES string of the molecule is O=C(O)c1cn(-c2cc(F)c(I)cc2[N+](=O)[O-])cn1. The van der Waals surface area contributed by atoms with E-state index < -0.39 is 16.7 Å². The first kappa shape index (κ1) is 13.4. The smallest absolute Gasteiger partial charge is 0.356 e. The second-order valence-electron chi connectivity index (χ2n) is 3.48. The van der Waals surface area contributed by atoms with Gasteiger partial charge < -0.3 is 5.11 Å². The van der Waals surface area contributed by atoms with E-state index >= 15 is 0 Å². The van der Waals surface area contributed by atoms with Crippen LogP contribution in [0.1, 0.15) is 10.5 Å². The highest BCUT2D eigenvalue weighted by atomic mass is 127. The van der Waals surface area contributed by atoms with Crippen LogP contribution in [0.5, 0.6) is 0 Å². The minimum Gasteiger partial charge on any atom is -0.476 e. The van der Waals surface area contributed by atoms with E-state index in [-0.39, 0.29) is 20.6 Å². The number of halogens is 2. The van der Waals surface area contributed by atoms with Gasteiger partial charge in [0.05, 0.1) is 8.49 Å². The van der Waals surface area contributed by atoms with Gasteiger partial charge in [-0.15, -0.1) is 0 Å². The molecular formula is C10H5FIN3O4. The molecular weight excluding hydrogens is 372 g/mol. The van der Waals surface area contributed by atoms with Gasteiger partial charge in [0.2, 0.25) is 0 Å². The number of nitrogens with zero attached hydrogens (tertiary/aromatic N) is 3. The second-order valence-corrected chi connectivity index (χ2v) is 4.65. The lowest BCUT2D eigenvalue weighted by Gasteiger charge is -2.04. The quantitative estimate of drug-likeness (QED) is 0.503. The summed E-state index contributed by atoms with van der Waals surface area (Å²) in [6.45, 7) is 0. The molecule has 0 radical (unpaired) electrons. The summed E-state index contributed by atoms with van der Waals surface area (Å²) < 4.78 is 14.7. The molecule has 1 N–H and O–H groups in total. The minimum atomic E-state index is -1.27. The number of imidazole rings is 1. The number of nitro benzene ring substituents is 1. The maximum Gasteiger partial charge on any atom is 0.356 e. The largest absolute Gasteiger partial charge is 0.476 e. The fraction of sp³-hybridized carbons (Fsp3) is 0. The second kappa shape index (κ2) is 4.91. The van der Waals surface area contributed by atoms with Gasteiger partial charge in [-0.2, -0.15) is 0 Å². The first-order valence-corrected chi connectivity index (χ1v) is 5.89. The van der Waals surface area contributed by atoms with E-state index in [1.54, 1.807) is 22.6 Å². The Morgan fingerprint density at radius 1 is 1.53 bits per heavy atom. The molecule has 1 aromatic carbocycles. The van der Waals surface area contributed by atoms with Crippen LogP contribution in [0.3, 0.4) is 0 Å². The molecule has 19 heavy (non-hydrogen) atoms. The molecule has 98 valence electrons. The monoisotopic (exact) mass is 377 g/mol. The van der Waals surface area contributed by atoms with Crippen molar-refractivity contribution in [1.82, 2.24) is 9.55 Å². The Balaban J connectivity index is 2.62. The fourth-order valence-corrected chi connectivity index (χ4v) is 1.89. The molecule has 2 aromatic rings. The Morgan fingerprint density at radius 2 is 2.21 bits per heavy atom. The van der Waals surface area contributed by atoms with Gasteiger partial charge in [-0.05, 0) is 22.6 Å². The van der Waals surface area contributed by atoms with Crippen molar-refractivity contribution in [1.29, 1.82) is 0 Å². The lowest BCUT2D eigenvalue weighted by atomic mass is 10.2. The molecule has 0 atom stereocenters. The molecule has 2 rings (SSSR count). The van der Waals surface area contributed by atoms with Gasteiger partial charge in [-0.25, -0.2) is 14.2 Å². The maximum atomic E-state index is 13.5. The predicted octanol–water partition coefficient (Wildman–Crippen LogP) is 2.22. The van der Waals surface area contributed by atoms with Crippen LogP contribution in [0.4, 0.5) is 10.1 Å². The van der Waals surface area contributed by atoms with Crippen molar-refractivity contribution >= 4 is 34.2 Å². The third-order valence-electron chi connectivity index (χ3n) is 2.29. The van der Waals surface area contributed by atoms with Gasteiger partial charge in [-0.3, -0.25) is 14.7 Å². The summed E-state index contributed by atoms with van der Waals surface area (Å²) in [6, 6.07) is 2.04. The third kappa shape index (κ3) is 2.54. The normalized spacial score (nSPS) is 10.4. The third-order valence-corrected chi connectivity index (χ3v) is 3.12.